The molecule has 0 saturated heterocycles. The minimum absolute atomic E-state index is 0.0867. The van der Waals surface area contributed by atoms with E-state index in [1.807, 2.05) is 17.5 Å². The van der Waals surface area contributed by atoms with Crippen molar-refractivity contribution in [1.29, 1.82) is 0 Å². The molecule has 0 aliphatic rings. The number of nitrogens with one attached hydrogen (secondary N) is 1. The van der Waals surface area contributed by atoms with Crippen LogP contribution < -0.4 is 5.32 Å². The van der Waals surface area contributed by atoms with Crippen LogP contribution in [0.25, 0.3) is 11.3 Å². The third-order valence-electron chi connectivity index (χ3n) is 3.90. The van der Waals surface area contributed by atoms with Gasteiger partial charge in [-0.15, -0.1) is 11.3 Å². The molecule has 0 radical (unpaired) electrons. The van der Waals surface area contributed by atoms with Crippen LogP contribution in [0.4, 0.5) is 4.39 Å². The standard InChI is InChI=1S/C18H18FN3O2S/c1-18(24,16-4-3-9-25-16)11-20-17(23)15-10-14(21-22(15)2)12-5-7-13(19)8-6-12/h3-10,24H,11H2,1-2H3,(H,20,23). The van der Waals surface area contributed by atoms with Crippen LogP contribution in [0.3, 0.4) is 0 Å². The molecule has 1 aromatic carbocycles. The lowest BCUT2D eigenvalue weighted by Gasteiger charge is -2.22. The molecule has 2 heterocycles. The maximum absolute atomic E-state index is 13.0. The van der Waals surface area contributed by atoms with Gasteiger partial charge < -0.3 is 10.4 Å². The summed E-state index contributed by atoms with van der Waals surface area (Å²) in [5, 5.41) is 19.4. The molecule has 0 fully saturated rings. The number of aryl methyl sites for hydroxylation is 1. The predicted octanol–water partition coefficient (Wildman–Crippen LogP) is 2.93. The second-order valence-electron chi connectivity index (χ2n) is 5.98. The number of benzene rings is 1. The first-order valence-corrected chi connectivity index (χ1v) is 8.59. The van der Waals surface area contributed by atoms with Gasteiger partial charge in [0.15, 0.2) is 0 Å². The zero-order chi connectivity index (χ0) is 18.0. The highest BCUT2D eigenvalue weighted by molar-refractivity contribution is 7.10. The fraction of sp³-hybridized carbons (Fsp3) is 0.222. The average Bonchev–Trinajstić information content (AvgIpc) is 3.23. The minimum atomic E-state index is -1.14. The van der Waals surface area contributed by atoms with Crippen molar-refractivity contribution < 1.29 is 14.3 Å². The molecule has 130 valence electrons. The molecule has 1 atom stereocenters. The van der Waals surface area contributed by atoms with Gasteiger partial charge in [0, 0.05) is 17.5 Å². The molecule has 5 nitrogen and oxygen atoms in total. The van der Waals surface area contributed by atoms with Crippen LogP contribution in [0.2, 0.25) is 0 Å². The van der Waals surface area contributed by atoms with E-state index in [4.69, 9.17) is 0 Å². The van der Waals surface area contributed by atoms with Crippen molar-refractivity contribution in [3.63, 3.8) is 0 Å². The summed E-state index contributed by atoms with van der Waals surface area (Å²) in [4.78, 5) is 13.2. The number of halogens is 1. The van der Waals surface area contributed by atoms with Gasteiger partial charge in [0.2, 0.25) is 0 Å². The van der Waals surface area contributed by atoms with E-state index in [1.54, 1.807) is 32.2 Å². The van der Waals surface area contributed by atoms with Gasteiger partial charge in [0.1, 0.15) is 17.1 Å². The highest BCUT2D eigenvalue weighted by atomic mass is 32.1. The lowest BCUT2D eigenvalue weighted by atomic mass is 10.1. The zero-order valence-corrected chi connectivity index (χ0v) is 14.7. The summed E-state index contributed by atoms with van der Waals surface area (Å²) in [6, 6.07) is 11.2. The highest BCUT2D eigenvalue weighted by Crippen LogP contribution is 2.24. The van der Waals surface area contributed by atoms with Gasteiger partial charge in [0.05, 0.1) is 12.2 Å². The largest absolute Gasteiger partial charge is 0.383 e. The van der Waals surface area contributed by atoms with Crippen molar-refractivity contribution in [3.05, 3.63) is 64.2 Å². The molecule has 0 bridgehead atoms. The molecule has 25 heavy (non-hydrogen) atoms. The number of hydrogen-bond acceptors (Lipinski definition) is 4. The fourth-order valence-corrected chi connectivity index (χ4v) is 3.24. The van der Waals surface area contributed by atoms with Gasteiger partial charge in [0.25, 0.3) is 5.91 Å². The van der Waals surface area contributed by atoms with E-state index in [-0.39, 0.29) is 18.3 Å². The van der Waals surface area contributed by atoms with Crippen LogP contribution in [0.1, 0.15) is 22.3 Å². The van der Waals surface area contributed by atoms with Crippen molar-refractivity contribution in [2.24, 2.45) is 7.05 Å². The zero-order valence-electron chi connectivity index (χ0n) is 13.9. The first-order chi connectivity index (χ1) is 11.9. The Balaban J connectivity index is 1.73. The SMILES string of the molecule is Cn1nc(-c2ccc(F)cc2)cc1C(=O)NCC(C)(O)c1cccs1. The van der Waals surface area contributed by atoms with E-state index in [0.29, 0.717) is 11.4 Å². The van der Waals surface area contributed by atoms with Gasteiger partial charge >= 0.3 is 0 Å². The van der Waals surface area contributed by atoms with Crippen LogP contribution in [0, 0.1) is 5.82 Å². The Morgan fingerprint density at radius 2 is 2.08 bits per heavy atom. The van der Waals surface area contributed by atoms with E-state index in [1.165, 1.54) is 28.2 Å². The first-order valence-electron chi connectivity index (χ1n) is 7.71. The van der Waals surface area contributed by atoms with Crippen LogP contribution in [-0.4, -0.2) is 27.3 Å². The average molecular weight is 359 g/mol. The number of aromatic nitrogens is 2. The van der Waals surface area contributed by atoms with Gasteiger partial charge in [-0.05, 0) is 48.7 Å². The normalized spacial score (nSPS) is 13.4. The van der Waals surface area contributed by atoms with Crippen molar-refractivity contribution in [3.8, 4) is 11.3 Å². The third kappa shape index (κ3) is 3.78. The molecule has 7 heteroatoms. The molecular formula is C18H18FN3O2S. The Kier molecular flexibility index (Phi) is 4.69. The quantitative estimate of drug-likeness (QED) is 0.736. The Morgan fingerprint density at radius 1 is 1.36 bits per heavy atom. The van der Waals surface area contributed by atoms with E-state index in [9.17, 15) is 14.3 Å². The number of hydrogen-bond donors (Lipinski definition) is 2. The monoisotopic (exact) mass is 359 g/mol. The van der Waals surface area contributed by atoms with E-state index in [2.05, 4.69) is 10.4 Å². The van der Waals surface area contributed by atoms with Gasteiger partial charge in [-0.2, -0.15) is 5.10 Å². The second-order valence-corrected chi connectivity index (χ2v) is 6.93. The number of carbonyl (C=O) groups excluding carboxylic acids is 1. The number of aliphatic hydroxyl groups is 1. The Hall–Kier alpha value is -2.51. The summed E-state index contributed by atoms with van der Waals surface area (Å²) in [6.45, 7) is 1.75. The van der Waals surface area contributed by atoms with Crippen LogP contribution >= 0.6 is 11.3 Å². The maximum Gasteiger partial charge on any atom is 0.269 e. The van der Waals surface area contributed by atoms with E-state index < -0.39 is 5.60 Å². The van der Waals surface area contributed by atoms with Crippen molar-refractivity contribution >= 4 is 17.2 Å². The highest BCUT2D eigenvalue weighted by Gasteiger charge is 2.26. The molecule has 1 amide bonds. The Labute approximate surface area is 148 Å². The molecular weight excluding hydrogens is 341 g/mol. The second kappa shape index (κ2) is 6.78. The molecule has 2 aromatic heterocycles. The topological polar surface area (TPSA) is 67.2 Å². The Morgan fingerprint density at radius 3 is 2.72 bits per heavy atom. The van der Waals surface area contributed by atoms with Gasteiger partial charge in [-0.25, -0.2) is 4.39 Å². The molecule has 3 aromatic rings. The number of rotatable bonds is 5. The van der Waals surface area contributed by atoms with Crippen LogP contribution in [0.5, 0.6) is 0 Å². The summed E-state index contributed by atoms with van der Waals surface area (Å²) >= 11 is 1.43. The summed E-state index contributed by atoms with van der Waals surface area (Å²) in [5.74, 6) is -0.659. The molecule has 0 saturated carbocycles. The van der Waals surface area contributed by atoms with Crippen LogP contribution in [-0.2, 0) is 12.6 Å². The van der Waals surface area contributed by atoms with E-state index >= 15 is 0 Å². The molecule has 3 rings (SSSR count). The smallest absolute Gasteiger partial charge is 0.269 e. The summed E-state index contributed by atoms with van der Waals surface area (Å²) < 4.78 is 14.5. The summed E-state index contributed by atoms with van der Waals surface area (Å²) in [6.07, 6.45) is 0. The van der Waals surface area contributed by atoms with Gasteiger partial charge in [-0.3, -0.25) is 9.48 Å². The number of carbonyl (C=O) groups is 1. The van der Waals surface area contributed by atoms with Crippen LogP contribution in [0.15, 0.2) is 47.8 Å². The lowest BCUT2D eigenvalue weighted by Crippen LogP contribution is -2.38. The maximum atomic E-state index is 13.0. The fourth-order valence-electron chi connectivity index (χ4n) is 2.46. The van der Waals surface area contributed by atoms with Crippen molar-refractivity contribution in [2.75, 3.05) is 6.54 Å². The molecule has 2 N–H and O–H groups in total. The van der Waals surface area contributed by atoms with Crippen molar-refractivity contribution in [2.45, 2.75) is 12.5 Å². The number of amides is 1. The minimum Gasteiger partial charge on any atom is -0.383 e. The summed E-state index contributed by atoms with van der Waals surface area (Å²) in [7, 11) is 1.67. The molecule has 0 aliphatic heterocycles. The number of thiophene rings is 1. The lowest BCUT2D eigenvalue weighted by molar-refractivity contribution is 0.0554. The molecule has 0 spiro atoms. The first kappa shape index (κ1) is 17.3. The van der Waals surface area contributed by atoms with E-state index in [0.717, 1.165) is 10.4 Å². The van der Waals surface area contributed by atoms with Crippen molar-refractivity contribution in [1.82, 2.24) is 15.1 Å². The molecule has 1 unspecified atom stereocenters. The third-order valence-corrected chi connectivity index (χ3v) is 5.02. The summed E-state index contributed by atoms with van der Waals surface area (Å²) in [5.41, 5.74) is 0.531. The molecule has 0 aliphatic carbocycles. The van der Waals surface area contributed by atoms with Gasteiger partial charge in [-0.1, -0.05) is 6.07 Å². The number of nitrogens with zero attached hydrogens (tertiary/aromatic N) is 2. The Bertz CT molecular complexity index is 870. The predicted molar refractivity (Wildman–Crippen MR) is 94.8 cm³/mol.